The van der Waals surface area contributed by atoms with E-state index in [1.54, 1.807) is 4.80 Å². The number of nitrogens with zero attached hydrogens (tertiary/aromatic N) is 5. The van der Waals surface area contributed by atoms with Crippen LogP contribution < -0.4 is 5.32 Å². The third kappa shape index (κ3) is 3.17. The van der Waals surface area contributed by atoms with Crippen molar-refractivity contribution >= 4 is 0 Å². The Morgan fingerprint density at radius 3 is 2.55 bits per heavy atom. The van der Waals surface area contributed by atoms with Gasteiger partial charge in [0.15, 0.2) is 5.82 Å². The lowest BCUT2D eigenvalue weighted by molar-refractivity contribution is 0.103. The predicted molar refractivity (Wildman–Crippen MR) is 79.5 cm³/mol. The second-order valence-electron chi connectivity index (χ2n) is 6.11. The second kappa shape index (κ2) is 6.63. The fraction of sp³-hybridized carbons (Fsp3) is 0.929. The van der Waals surface area contributed by atoms with Crippen LogP contribution in [-0.2, 0) is 13.5 Å². The summed E-state index contributed by atoms with van der Waals surface area (Å²) in [7, 11) is 6.23. The maximum Gasteiger partial charge on any atom is 0.176 e. The van der Waals surface area contributed by atoms with E-state index in [9.17, 15) is 0 Å². The summed E-state index contributed by atoms with van der Waals surface area (Å²) in [6.45, 7) is 3.25. The van der Waals surface area contributed by atoms with E-state index >= 15 is 0 Å². The van der Waals surface area contributed by atoms with Gasteiger partial charge in [-0.2, -0.15) is 4.80 Å². The molecule has 1 heterocycles. The molecule has 1 aliphatic rings. The maximum atomic E-state index is 4.36. The Labute approximate surface area is 121 Å². The summed E-state index contributed by atoms with van der Waals surface area (Å²) in [6, 6.07) is 0.393. The van der Waals surface area contributed by atoms with Crippen LogP contribution in [0, 0.1) is 0 Å². The van der Waals surface area contributed by atoms with Gasteiger partial charge in [0.1, 0.15) is 0 Å². The highest BCUT2D eigenvalue weighted by molar-refractivity contribution is 5.05. The van der Waals surface area contributed by atoms with Crippen LogP contribution in [0.5, 0.6) is 0 Å². The molecule has 20 heavy (non-hydrogen) atoms. The van der Waals surface area contributed by atoms with Crippen LogP contribution in [0.1, 0.15) is 44.9 Å². The van der Waals surface area contributed by atoms with Gasteiger partial charge < -0.3 is 10.2 Å². The third-order valence-corrected chi connectivity index (χ3v) is 4.59. The van der Waals surface area contributed by atoms with Crippen molar-refractivity contribution in [1.82, 2.24) is 30.4 Å². The lowest BCUT2D eigenvalue weighted by Gasteiger charge is -2.43. The topological polar surface area (TPSA) is 58.9 Å². The smallest absolute Gasteiger partial charge is 0.176 e. The first-order chi connectivity index (χ1) is 9.58. The Hall–Kier alpha value is -1.01. The molecule has 114 valence electrons. The highest BCUT2D eigenvalue weighted by atomic mass is 15.6. The Morgan fingerprint density at radius 2 is 2.05 bits per heavy atom. The first-order valence-corrected chi connectivity index (χ1v) is 7.72. The molecule has 0 aromatic carbocycles. The van der Waals surface area contributed by atoms with E-state index in [4.69, 9.17) is 0 Å². The fourth-order valence-corrected chi connectivity index (χ4v) is 3.45. The molecule has 1 aromatic heterocycles. The summed E-state index contributed by atoms with van der Waals surface area (Å²) in [5.74, 6) is 0.842. The molecule has 1 aromatic rings. The summed E-state index contributed by atoms with van der Waals surface area (Å²) in [6.07, 6.45) is 7.13. The van der Waals surface area contributed by atoms with Gasteiger partial charge in [0.05, 0.1) is 7.05 Å². The van der Waals surface area contributed by atoms with E-state index in [0.29, 0.717) is 6.04 Å². The molecule has 6 nitrogen and oxygen atoms in total. The summed E-state index contributed by atoms with van der Waals surface area (Å²) < 4.78 is 0. The highest BCUT2D eigenvalue weighted by Gasteiger charge is 2.43. The van der Waals surface area contributed by atoms with Crippen molar-refractivity contribution in [2.45, 2.75) is 57.0 Å². The zero-order valence-corrected chi connectivity index (χ0v) is 13.3. The molecule has 1 saturated carbocycles. The van der Waals surface area contributed by atoms with Crippen LogP contribution in [0.15, 0.2) is 0 Å². The van der Waals surface area contributed by atoms with Crippen LogP contribution in [0.2, 0.25) is 0 Å². The minimum atomic E-state index is 0.231. The van der Waals surface area contributed by atoms with Crippen LogP contribution in [0.25, 0.3) is 0 Å². The van der Waals surface area contributed by atoms with Crippen LogP contribution in [-0.4, -0.2) is 57.3 Å². The Kier molecular flexibility index (Phi) is 5.10. The summed E-state index contributed by atoms with van der Waals surface area (Å²) in [5.41, 5.74) is 0.231. The molecule has 1 N–H and O–H groups in total. The van der Waals surface area contributed by atoms with Gasteiger partial charge in [0.2, 0.25) is 0 Å². The van der Waals surface area contributed by atoms with E-state index in [2.05, 4.69) is 46.6 Å². The zero-order chi connectivity index (χ0) is 14.6. The largest absolute Gasteiger partial charge is 0.312 e. The predicted octanol–water partition coefficient (Wildman–Crippen LogP) is 0.995. The van der Waals surface area contributed by atoms with Crippen molar-refractivity contribution in [2.75, 3.05) is 20.6 Å². The van der Waals surface area contributed by atoms with Crippen LogP contribution >= 0.6 is 0 Å². The number of likely N-dealkylation sites (N-methyl/N-ethyl adjacent to an activating group) is 1. The molecular weight excluding hydrogens is 252 g/mol. The van der Waals surface area contributed by atoms with Crippen molar-refractivity contribution in [3.8, 4) is 0 Å². The normalized spacial score (nSPS) is 19.6. The quantitative estimate of drug-likeness (QED) is 0.807. The SMILES string of the molecule is CCCNC(Cc1nnn(C)n1)C1(N(C)C)CCCC1. The number of aromatic nitrogens is 4. The Bertz CT molecular complexity index is 408. The Balaban J connectivity index is 2.16. The van der Waals surface area contributed by atoms with E-state index in [-0.39, 0.29) is 5.54 Å². The lowest BCUT2D eigenvalue weighted by Crippen LogP contribution is -2.58. The van der Waals surface area contributed by atoms with Gasteiger partial charge in [-0.25, -0.2) is 0 Å². The zero-order valence-electron chi connectivity index (χ0n) is 13.3. The Morgan fingerprint density at radius 1 is 1.35 bits per heavy atom. The summed E-state index contributed by atoms with van der Waals surface area (Å²) in [4.78, 5) is 3.95. The van der Waals surface area contributed by atoms with E-state index in [1.807, 2.05) is 7.05 Å². The molecule has 2 rings (SSSR count). The molecule has 6 heteroatoms. The molecular formula is C14H28N6. The minimum absolute atomic E-state index is 0.231. The monoisotopic (exact) mass is 280 g/mol. The average molecular weight is 280 g/mol. The van der Waals surface area contributed by atoms with Gasteiger partial charge in [0, 0.05) is 18.0 Å². The van der Waals surface area contributed by atoms with Crippen LogP contribution in [0.3, 0.4) is 0 Å². The van der Waals surface area contributed by atoms with Crippen molar-refractivity contribution in [1.29, 1.82) is 0 Å². The molecule has 0 saturated heterocycles. The van der Waals surface area contributed by atoms with E-state index in [0.717, 1.165) is 25.2 Å². The summed E-state index contributed by atoms with van der Waals surface area (Å²) in [5, 5.41) is 16.2. The van der Waals surface area contributed by atoms with Crippen molar-refractivity contribution in [3.63, 3.8) is 0 Å². The summed E-state index contributed by atoms with van der Waals surface area (Å²) >= 11 is 0. The molecule has 1 atom stereocenters. The molecule has 1 aliphatic carbocycles. The first kappa shape index (κ1) is 15.4. The standard InChI is InChI=1S/C14H28N6/c1-5-10-15-12(11-13-16-18-20(4)17-13)14(19(2)3)8-6-7-9-14/h12,15H,5-11H2,1-4H3. The van der Waals surface area contributed by atoms with Crippen molar-refractivity contribution in [2.24, 2.45) is 7.05 Å². The molecule has 0 bridgehead atoms. The number of hydrogen-bond donors (Lipinski definition) is 1. The lowest BCUT2D eigenvalue weighted by atomic mass is 9.84. The van der Waals surface area contributed by atoms with Gasteiger partial charge in [-0.1, -0.05) is 19.8 Å². The van der Waals surface area contributed by atoms with Gasteiger partial charge in [-0.15, -0.1) is 10.2 Å². The molecule has 0 radical (unpaired) electrons. The highest BCUT2D eigenvalue weighted by Crippen LogP contribution is 2.37. The number of aryl methyl sites for hydroxylation is 1. The number of tetrazole rings is 1. The van der Waals surface area contributed by atoms with Gasteiger partial charge in [-0.05, 0) is 45.1 Å². The van der Waals surface area contributed by atoms with Crippen LogP contribution in [0.4, 0.5) is 0 Å². The van der Waals surface area contributed by atoms with Gasteiger partial charge in [0.25, 0.3) is 0 Å². The molecule has 0 amide bonds. The van der Waals surface area contributed by atoms with Gasteiger partial charge >= 0.3 is 0 Å². The third-order valence-electron chi connectivity index (χ3n) is 4.59. The average Bonchev–Trinajstić information content (AvgIpc) is 3.04. The number of hydrogen-bond acceptors (Lipinski definition) is 5. The maximum absolute atomic E-state index is 4.36. The first-order valence-electron chi connectivity index (χ1n) is 7.72. The van der Waals surface area contributed by atoms with Crippen molar-refractivity contribution in [3.05, 3.63) is 5.82 Å². The number of nitrogens with one attached hydrogen (secondary N) is 1. The molecule has 1 unspecified atom stereocenters. The second-order valence-corrected chi connectivity index (χ2v) is 6.11. The van der Waals surface area contributed by atoms with Gasteiger partial charge in [-0.3, -0.25) is 0 Å². The fourth-order valence-electron chi connectivity index (χ4n) is 3.45. The molecule has 1 fully saturated rings. The van der Waals surface area contributed by atoms with Crippen molar-refractivity contribution < 1.29 is 0 Å². The molecule has 0 aliphatic heterocycles. The van der Waals surface area contributed by atoms with E-state index < -0.39 is 0 Å². The van der Waals surface area contributed by atoms with E-state index in [1.165, 1.54) is 25.7 Å². The molecule has 0 spiro atoms. The number of rotatable bonds is 7. The minimum Gasteiger partial charge on any atom is -0.312 e.